The molecule has 0 aliphatic rings. The van der Waals surface area contributed by atoms with E-state index in [1.54, 1.807) is 6.92 Å². The molecule has 1 atom stereocenters. The van der Waals surface area contributed by atoms with E-state index in [1.165, 1.54) is 25.2 Å². The van der Waals surface area contributed by atoms with Gasteiger partial charge in [-0.15, -0.1) is 12.4 Å². The standard InChI is InChI=1S/C12H16N4O4S.ClH/c1-7(6-13)16(2)21(19,20)8-3-4-10-9(5-8)11(17)15-12(18)14-10;/h3-5,7H,6,13H2,1-2H3,(H2,14,15,17,18);1H. The Bertz CT molecular complexity index is 890. The number of nitrogens with zero attached hydrogens (tertiary/aromatic N) is 1. The lowest BCUT2D eigenvalue weighted by atomic mass is 10.2. The second kappa shape index (κ2) is 6.61. The maximum atomic E-state index is 12.4. The minimum Gasteiger partial charge on any atom is -0.329 e. The van der Waals surface area contributed by atoms with E-state index in [1.807, 2.05) is 0 Å². The molecule has 1 aromatic carbocycles. The summed E-state index contributed by atoms with van der Waals surface area (Å²) < 4.78 is 26.0. The van der Waals surface area contributed by atoms with Crippen LogP contribution in [0.25, 0.3) is 10.9 Å². The Balaban J connectivity index is 0.00000242. The first-order chi connectivity index (χ1) is 9.77. The zero-order valence-corrected chi connectivity index (χ0v) is 13.6. The van der Waals surface area contributed by atoms with Gasteiger partial charge in [-0.3, -0.25) is 9.78 Å². The summed E-state index contributed by atoms with van der Waals surface area (Å²) in [6.45, 7) is 1.86. The van der Waals surface area contributed by atoms with Crippen LogP contribution in [0.3, 0.4) is 0 Å². The molecule has 1 aromatic heterocycles. The van der Waals surface area contributed by atoms with E-state index < -0.39 is 21.3 Å². The minimum absolute atomic E-state index is 0. The Hall–Kier alpha value is -1.68. The number of fused-ring (bicyclic) bond motifs is 1. The molecule has 22 heavy (non-hydrogen) atoms. The molecule has 0 saturated carbocycles. The molecule has 2 rings (SSSR count). The van der Waals surface area contributed by atoms with E-state index in [0.717, 1.165) is 4.31 Å². The number of H-pyrrole nitrogens is 2. The average Bonchev–Trinajstić information content (AvgIpc) is 2.44. The van der Waals surface area contributed by atoms with Gasteiger partial charge in [0.05, 0.1) is 15.8 Å². The van der Waals surface area contributed by atoms with Gasteiger partial charge in [0.2, 0.25) is 10.0 Å². The molecule has 0 spiro atoms. The van der Waals surface area contributed by atoms with Crippen LogP contribution < -0.4 is 17.0 Å². The van der Waals surface area contributed by atoms with Gasteiger partial charge in [0.1, 0.15) is 0 Å². The van der Waals surface area contributed by atoms with E-state index >= 15 is 0 Å². The smallest absolute Gasteiger partial charge is 0.326 e. The Kier molecular flexibility index (Phi) is 5.52. The maximum absolute atomic E-state index is 12.4. The van der Waals surface area contributed by atoms with Crippen LogP contribution in [0.5, 0.6) is 0 Å². The van der Waals surface area contributed by atoms with Gasteiger partial charge in [0.25, 0.3) is 5.56 Å². The number of hydrogen-bond acceptors (Lipinski definition) is 5. The van der Waals surface area contributed by atoms with Crippen molar-refractivity contribution in [2.75, 3.05) is 13.6 Å². The zero-order chi connectivity index (χ0) is 15.8. The molecule has 2 aromatic rings. The minimum atomic E-state index is -3.76. The fraction of sp³-hybridized carbons (Fsp3) is 0.333. The van der Waals surface area contributed by atoms with Gasteiger partial charge in [0, 0.05) is 19.6 Å². The van der Waals surface area contributed by atoms with Gasteiger partial charge in [-0.25, -0.2) is 13.2 Å². The number of likely N-dealkylation sites (N-methyl/N-ethyl adjacent to an activating group) is 1. The summed E-state index contributed by atoms with van der Waals surface area (Å²) in [6.07, 6.45) is 0. The fourth-order valence-corrected chi connectivity index (χ4v) is 3.26. The molecule has 0 saturated heterocycles. The van der Waals surface area contributed by atoms with Gasteiger partial charge in [-0.1, -0.05) is 0 Å². The van der Waals surface area contributed by atoms with E-state index in [0.29, 0.717) is 0 Å². The Labute approximate surface area is 132 Å². The number of halogens is 1. The molecule has 0 bridgehead atoms. The predicted octanol–water partition coefficient (Wildman–Crippen LogP) is -0.394. The molecule has 122 valence electrons. The maximum Gasteiger partial charge on any atom is 0.326 e. The fourth-order valence-electron chi connectivity index (χ4n) is 1.86. The van der Waals surface area contributed by atoms with Crippen LogP contribution in [0.1, 0.15) is 6.92 Å². The molecule has 1 unspecified atom stereocenters. The van der Waals surface area contributed by atoms with Crippen LogP contribution in [-0.4, -0.2) is 42.3 Å². The molecule has 0 aliphatic carbocycles. The molecule has 0 fully saturated rings. The van der Waals surface area contributed by atoms with Gasteiger partial charge in [-0.05, 0) is 25.1 Å². The number of nitrogens with two attached hydrogens (primary N) is 1. The van der Waals surface area contributed by atoms with Crippen molar-refractivity contribution in [2.45, 2.75) is 17.9 Å². The highest BCUT2D eigenvalue weighted by Crippen LogP contribution is 2.19. The van der Waals surface area contributed by atoms with E-state index in [4.69, 9.17) is 5.73 Å². The molecule has 0 aliphatic heterocycles. The average molecular weight is 349 g/mol. The summed E-state index contributed by atoms with van der Waals surface area (Å²) in [6, 6.07) is 3.59. The van der Waals surface area contributed by atoms with E-state index in [-0.39, 0.29) is 40.8 Å². The van der Waals surface area contributed by atoms with Crippen LogP contribution in [0.4, 0.5) is 0 Å². The van der Waals surface area contributed by atoms with Gasteiger partial charge in [0.15, 0.2) is 0 Å². The molecule has 10 heteroatoms. The van der Waals surface area contributed by atoms with Crippen LogP contribution in [0.15, 0.2) is 32.7 Å². The second-order valence-corrected chi connectivity index (χ2v) is 6.72. The summed E-state index contributed by atoms with van der Waals surface area (Å²) in [7, 11) is -2.34. The first-order valence-corrected chi connectivity index (χ1v) is 7.66. The van der Waals surface area contributed by atoms with Crippen molar-refractivity contribution in [1.82, 2.24) is 14.3 Å². The van der Waals surface area contributed by atoms with Gasteiger partial charge in [-0.2, -0.15) is 4.31 Å². The van der Waals surface area contributed by atoms with Crippen molar-refractivity contribution in [3.8, 4) is 0 Å². The largest absolute Gasteiger partial charge is 0.329 e. The lowest BCUT2D eigenvalue weighted by molar-refractivity contribution is 0.394. The molecule has 8 nitrogen and oxygen atoms in total. The molecule has 4 N–H and O–H groups in total. The third kappa shape index (κ3) is 3.22. The third-order valence-corrected chi connectivity index (χ3v) is 5.32. The molecule has 0 radical (unpaired) electrons. The summed E-state index contributed by atoms with van der Waals surface area (Å²) >= 11 is 0. The Morgan fingerprint density at radius 1 is 1.27 bits per heavy atom. The second-order valence-electron chi connectivity index (χ2n) is 4.72. The number of benzene rings is 1. The quantitative estimate of drug-likeness (QED) is 0.692. The van der Waals surface area contributed by atoms with Crippen molar-refractivity contribution >= 4 is 33.3 Å². The van der Waals surface area contributed by atoms with Crippen LogP contribution in [0.2, 0.25) is 0 Å². The highest BCUT2D eigenvalue weighted by molar-refractivity contribution is 7.89. The first kappa shape index (κ1) is 18.4. The van der Waals surface area contributed by atoms with Crippen molar-refractivity contribution < 1.29 is 8.42 Å². The van der Waals surface area contributed by atoms with Crippen molar-refractivity contribution in [3.63, 3.8) is 0 Å². The van der Waals surface area contributed by atoms with Crippen LogP contribution >= 0.6 is 12.4 Å². The zero-order valence-electron chi connectivity index (χ0n) is 12.0. The van der Waals surface area contributed by atoms with Crippen molar-refractivity contribution in [1.29, 1.82) is 0 Å². The molecular weight excluding hydrogens is 332 g/mol. The van der Waals surface area contributed by atoms with Crippen LogP contribution in [-0.2, 0) is 10.0 Å². The van der Waals surface area contributed by atoms with Crippen molar-refractivity contribution in [2.24, 2.45) is 5.73 Å². The molecular formula is C12H17ClN4O4S. The van der Waals surface area contributed by atoms with Crippen molar-refractivity contribution in [3.05, 3.63) is 39.0 Å². The predicted molar refractivity (Wildman–Crippen MR) is 85.9 cm³/mol. The normalized spacial score (nSPS) is 13.1. The number of sulfonamides is 1. The topological polar surface area (TPSA) is 129 Å². The lowest BCUT2D eigenvalue weighted by Crippen LogP contribution is -2.39. The highest BCUT2D eigenvalue weighted by Gasteiger charge is 2.25. The van der Waals surface area contributed by atoms with E-state index in [9.17, 15) is 18.0 Å². The number of nitrogens with one attached hydrogen (secondary N) is 2. The highest BCUT2D eigenvalue weighted by atomic mass is 35.5. The summed E-state index contributed by atoms with van der Waals surface area (Å²) in [5.74, 6) is 0. The number of rotatable bonds is 4. The SMILES string of the molecule is CC(CN)N(C)S(=O)(=O)c1ccc2[nH]c(=O)[nH]c(=O)c2c1.Cl. The van der Waals surface area contributed by atoms with Gasteiger partial charge < -0.3 is 10.7 Å². The summed E-state index contributed by atoms with van der Waals surface area (Å²) in [5, 5.41) is 0.101. The number of aromatic nitrogens is 2. The molecule has 0 amide bonds. The lowest BCUT2D eigenvalue weighted by Gasteiger charge is -2.23. The van der Waals surface area contributed by atoms with Crippen LogP contribution in [0, 0.1) is 0 Å². The summed E-state index contributed by atoms with van der Waals surface area (Å²) in [4.78, 5) is 27.4. The number of hydrogen-bond donors (Lipinski definition) is 3. The Morgan fingerprint density at radius 3 is 2.50 bits per heavy atom. The van der Waals surface area contributed by atoms with E-state index in [2.05, 4.69) is 9.97 Å². The third-order valence-electron chi connectivity index (χ3n) is 3.35. The summed E-state index contributed by atoms with van der Waals surface area (Å²) in [5.41, 5.74) is 4.47. The Morgan fingerprint density at radius 2 is 1.91 bits per heavy atom. The van der Waals surface area contributed by atoms with Gasteiger partial charge >= 0.3 is 5.69 Å². The molecule has 1 heterocycles. The first-order valence-electron chi connectivity index (χ1n) is 6.22. The monoisotopic (exact) mass is 348 g/mol. The number of aromatic amines is 2.